The van der Waals surface area contributed by atoms with E-state index in [4.69, 9.17) is 10.5 Å². The summed E-state index contributed by atoms with van der Waals surface area (Å²) in [6.45, 7) is 9.08. The van der Waals surface area contributed by atoms with Gasteiger partial charge in [-0.2, -0.15) is 26.9 Å². The number of nitrogens with zero attached hydrogens (tertiary/aromatic N) is 5. The van der Waals surface area contributed by atoms with Crippen molar-refractivity contribution in [3.8, 4) is 5.75 Å². The summed E-state index contributed by atoms with van der Waals surface area (Å²) in [5.74, 6) is -2.00. The molecule has 10 nitrogen and oxygen atoms in total. The topological polar surface area (TPSA) is 112 Å². The normalized spacial score (nSPS) is 17.4. The highest BCUT2D eigenvalue weighted by atomic mass is 32.1. The third-order valence-electron chi connectivity index (χ3n) is 8.27. The second-order valence-electron chi connectivity index (χ2n) is 12.2. The van der Waals surface area contributed by atoms with Crippen LogP contribution in [-0.4, -0.2) is 83.1 Å². The Morgan fingerprint density at radius 1 is 1.02 bits per heavy atom. The monoisotopic (exact) mass is 668 g/mol. The van der Waals surface area contributed by atoms with Crippen molar-refractivity contribution in [2.75, 3.05) is 54.8 Å². The molecule has 0 aliphatic carbocycles. The third-order valence-corrected chi connectivity index (χ3v) is 9.20. The fourth-order valence-corrected chi connectivity index (χ4v) is 6.55. The van der Waals surface area contributed by atoms with Crippen LogP contribution in [0.5, 0.6) is 5.75 Å². The van der Waals surface area contributed by atoms with Crippen molar-refractivity contribution in [3.63, 3.8) is 0 Å². The molecule has 0 unspecified atom stereocenters. The van der Waals surface area contributed by atoms with Gasteiger partial charge in [-0.15, -0.1) is 11.3 Å². The first-order valence-corrected chi connectivity index (χ1v) is 15.8. The lowest BCUT2D eigenvalue weighted by Gasteiger charge is -2.46. The maximum Gasteiger partial charge on any atom is 0.421 e. The molecule has 16 heteroatoms. The van der Waals surface area contributed by atoms with Crippen LogP contribution in [0.15, 0.2) is 35.8 Å². The number of carbonyl (C=O) groups excluding carboxylic acids is 1. The fourth-order valence-electron chi connectivity index (χ4n) is 5.84. The second-order valence-corrected chi connectivity index (χ2v) is 13.1. The number of thiophene rings is 1. The van der Waals surface area contributed by atoms with Gasteiger partial charge in [-0.1, -0.05) is 0 Å². The van der Waals surface area contributed by atoms with Gasteiger partial charge >= 0.3 is 12.8 Å². The number of piperidine rings is 1. The minimum absolute atomic E-state index is 0.0107. The molecule has 1 aromatic carbocycles. The highest BCUT2D eigenvalue weighted by molar-refractivity contribution is 7.12. The Kier molecular flexibility index (Phi) is 9.89. The quantitative estimate of drug-likeness (QED) is 0.232. The molecule has 0 saturated carbocycles. The van der Waals surface area contributed by atoms with Gasteiger partial charge in [0.1, 0.15) is 16.3 Å². The molecule has 250 valence electrons. The number of aromatic nitrogens is 2. The molecule has 2 aromatic heterocycles. The summed E-state index contributed by atoms with van der Waals surface area (Å²) in [5.41, 5.74) is 5.04. The summed E-state index contributed by atoms with van der Waals surface area (Å²) >= 11 is 0.953. The van der Waals surface area contributed by atoms with Crippen LogP contribution in [-0.2, 0) is 6.18 Å². The van der Waals surface area contributed by atoms with Crippen LogP contribution in [0.25, 0.3) is 0 Å². The number of nitrogens with two attached hydrogens (primary N) is 1. The van der Waals surface area contributed by atoms with E-state index in [2.05, 4.69) is 56.1 Å². The maximum atomic E-state index is 13.8. The highest BCUT2D eigenvalue weighted by Crippen LogP contribution is 2.38. The standard InChI is InChI=1S/C30H37F5N8O2S/c1-29(2,3)43-13-11-42(12-14-43)18-6-9-41(10-7-18)19-4-5-21(23(16-19)45-27(31)32)39-28-37-17-20(30(33,34)35)26(40-28)38-22-8-15-46-24(22)25(36)44/h4-5,8,15-18,27H,6-7,9-14H2,1-3H3,(H2,36,44)(H2,37,38,39,40). The number of primary amides is 1. The van der Waals surface area contributed by atoms with Gasteiger partial charge in [-0.3, -0.25) is 14.6 Å². The molecular formula is C30H37F5N8O2S. The Morgan fingerprint density at radius 3 is 2.33 bits per heavy atom. The van der Waals surface area contributed by atoms with Crippen molar-refractivity contribution in [1.29, 1.82) is 0 Å². The van der Waals surface area contributed by atoms with E-state index in [1.165, 1.54) is 23.6 Å². The average Bonchev–Trinajstić information content (AvgIpc) is 3.45. The predicted molar refractivity (Wildman–Crippen MR) is 168 cm³/mol. The van der Waals surface area contributed by atoms with E-state index in [0.29, 0.717) is 17.9 Å². The SMILES string of the molecule is CC(C)(C)N1CCN(C2CCN(c3ccc(Nc4ncc(C(F)(F)F)c(Nc5ccsc5C(N)=O)n4)c(OC(F)F)c3)CC2)CC1. The smallest absolute Gasteiger partial charge is 0.421 e. The molecule has 5 rings (SSSR count). The minimum atomic E-state index is -4.83. The number of carbonyl (C=O) groups is 1. The van der Waals surface area contributed by atoms with E-state index < -0.39 is 30.1 Å². The summed E-state index contributed by atoms with van der Waals surface area (Å²) in [6.07, 6.45) is -2.42. The Morgan fingerprint density at radius 2 is 1.72 bits per heavy atom. The number of halogens is 5. The van der Waals surface area contributed by atoms with Crippen LogP contribution in [0.1, 0.15) is 48.8 Å². The third kappa shape index (κ3) is 7.96. The molecule has 2 aliphatic rings. The van der Waals surface area contributed by atoms with Gasteiger partial charge in [0.05, 0.1) is 11.4 Å². The predicted octanol–water partition coefficient (Wildman–Crippen LogP) is 6.13. The number of ether oxygens (including phenoxy) is 1. The minimum Gasteiger partial charge on any atom is -0.433 e. The van der Waals surface area contributed by atoms with E-state index in [1.54, 1.807) is 6.07 Å². The first-order valence-electron chi connectivity index (χ1n) is 14.9. The number of amides is 1. The number of benzene rings is 1. The summed E-state index contributed by atoms with van der Waals surface area (Å²) in [7, 11) is 0. The van der Waals surface area contributed by atoms with Crippen molar-refractivity contribution >= 4 is 46.1 Å². The molecule has 2 fully saturated rings. The van der Waals surface area contributed by atoms with Crippen LogP contribution in [0.3, 0.4) is 0 Å². The fraction of sp³-hybridized carbons (Fsp3) is 0.500. The molecule has 46 heavy (non-hydrogen) atoms. The number of piperazine rings is 1. The molecular weight excluding hydrogens is 631 g/mol. The summed E-state index contributed by atoms with van der Waals surface area (Å²) < 4.78 is 73.0. The largest absolute Gasteiger partial charge is 0.433 e. The Bertz CT molecular complexity index is 1510. The second kappa shape index (κ2) is 13.5. The van der Waals surface area contributed by atoms with Gasteiger partial charge in [0.15, 0.2) is 5.75 Å². The van der Waals surface area contributed by atoms with E-state index in [1.807, 2.05) is 0 Å². The highest BCUT2D eigenvalue weighted by Gasteiger charge is 2.36. The molecule has 3 aromatic rings. The molecule has 1 amide bonds. The zero-order valence-electron chi connectivity index (χ0n) is 25.7. The van der Waals surface area contributed by atoms with E-state index in [0.717, 1.165) is 63.4 Å². The number of nitrogens with one attached hydrogen (secondary N) is 2. The molecule has 0 atom stereocenters. The van der Waals surface area contributed by atoms with Crippen LogP contribution in [0.2, 0.25) is 0 Å². The van der Waals surface area contributed by atoms with Crippen LogP contribution < -0.4 is 26.0 Å². The van der Waals surface area contributed by atoms with Crippen molar-refractivity contribution in [2.45, 2.75) is 58.0 Å². The summed E-state index contributed by atoms with van der Waals surface area (Å²) in [4.78, 5) is 26.6. The van der Waals surface area contributed by atoms with Gasteiger partial charge in [0, 0.05) is 68.8 Å². The average molecular weight is 669 g/mol. The molecule has 4 heterocycles. The first-order chi connectivity index (χ1) is 21.7. The van der Waals surface area contributed by atoms with E-state index in [-0.39, 0.29) is 33.5 Å². The Labute approximate surface area is 267 Å². The van der Waals surface area contributed by atoms with E-state index in [9.17, 15) is 26.7 Å². The molecule has 0 radical (unpaired) electrons. The van der Waals surface area contributed by atoms with E-state index >= 15 is 0 Å². The van der Waals surface area contributed by atoms with Gasteiger partial charge in [-0.05, 0) is 57.2 Å². The summed E-state index contributed by atoms with van der Waals surface area (Å²) in [6, 6.07) is 6.55. The first kappa shape index (κ1) is 33.6. The number of anilines is 5. The van der Waals surface area contributed by atoms with Crippen LogP contribution in [0, 0.1) is 0 Å². The molecule has 4 N–H and O–H groups in total. The van der Waals surface area contributed by atoms with Crippen molar-refractivity contribution in [2.24, 2.45) is 5.73 Å². The molecule has 2 aliphatic heterocycles. The molecule has 2 saturated heterocycles. The number of hydrogen-bond donors (Lipinski definition) is 3. The molecule has 0 spiro atoms. The van der Waals surface area contributed by atoms with Gasteiger partial charge in [0.2, 0.25) is 5.95 Å². The number of rotatable bonds is 9. The van der Waals surface area contributed by atoms with Gasteiger partial charge < -0.3 is 26.0 Å². The lowest BCUT2D eigenvalue weighted by Crippen LogP contribution is -2.57. The van der Waals surface area contributed by atoms with Gasteiger partial charge in [0.25, 0.3) is 5.91 Å². The van der Waals surface area contributed by atoms with Crippen molar-refractivity contribution in [3.05, 3.63) is 46.3 Å². The van der Waals surface area contributed by atoms with Crippen molar-refractivity contribution < 1.29 is 31.5 Å². The molecule has 0 bridgehead atoms. The number of alkyl halides is 5. The maximum absolute atomic E-state index is 13.8. The lowest BCUT2D eigenvalue weighted by molar-refractivity contribution is -0.137. The van der Waals surface area contributed by atoms with Crippen LogP contribution in [0.4, 0.5) is 50.8 Å². The van der Waals surface area contributed by atoms with Gasteiger partial charge in [-0.25, -0.2) is 4.98 Å². The Balaban J connectivity index is 1.31. The Hall–Kier alpha value is -3.76. The summed E-state index contributed by atoms with van der Waals surface area (Å²) in [5, 5.41) is 6.70. The van der Waals surface area contributed by atoms with Crippen molar-refractivity contribution in [1.82, 2.24) is 19.8 Å². The zero-order chi connectivity index (χ0) is 33.2. The zero-order valence-corrected chi connectivity index (χ0v) is 26.5. The number of hydrogen-bond acceptors (Lipinski definition) is 10. The lowest BCUT2D eigenvalue weighted by atomic mass is 10.00. The van der Waals surface area contributed by atoms with Crippen LogP contribution >= 0.6 is 11.3 Å².